The summed E-state index contributed by atoms with van der Waals surface area (Å²) in [5.41, 5.74) is 14.1. The Morgan fingerprint density at radius 1 is 0.255 bits per heavy atom. The molecule has 552 valence electrons. The molecule has 0 radical (unpaired) electrons. The summed E-state index contributed by atoms with van der Waals surface area (Å²) in [6.45, 7) is 33.8. The molecular formula is C84H108O18. The Balaban J connectivity index is 1.74. The summed E-state index contributed by atoms with van der Waals surface area (Å²) >= 11 is 0. The van der Waals surface area contributed by atoms with Crippen molar-refractivity contribution in [3.63, 3.8) is 0 Å². The molecule has 0 aromatic heterocycles. The molecule has 0 unspecified atom stereocenters. The van der Waals surface area contributed by atoms with Gasteiger partial charge in [-0.25, -0.2) is 28.8 Å². The second-order valence-electron chi connectivity index (χ2n) is 27.5. The lowest BCUT2D eigenvalue weighted by molar-refractivity contribution is -0.146. The van der Waals surface area contributed by atoms with Crippen molar-refractivity contribution in [2.75, 3.05) is 79.3 Å². The zero-order chi connectivity index (χ0) is 74.5. The number of fused-ring (bicyclic) bond motifs is 12. The van der Waals surface area contributed by atoms with Crippen molar-refractivity contribution in [2.45, 2.75) is 199 Å². The third-order valence-electron chi connectivity index (χ3n) is 17.8. The van der Waals surface area contributed by atoms with E-state index in [1.54, 1.807) is 41.5 Å². The molecule has 18 heteroatoms. The van der Waals surface area contributed by atoms with Crippen LogP contribution in [-0.4, -0.2) is 115 Å². The second-order valence-corrected chi connectivity index (χ2v) is 27.5. The minimum atomic E-state index is -0.576. The summed E-state index contributed by atoms with van der Waals surface area (Å²) in [6, 6.07) is 25.0. The molecule has 6 aromatic carbocycles. The van der Waals surface area contributed by atoms with Gasteiger partial charge in [-0.2, -0.15) is 0 Å². The van der Waals surface area contributed by atoms with Gasteiger partial charge in [0, 0.05) is 44.1 Å². The van der Waals surface area contributed by atoms with E-state index >= 15 is 0 Å². The molecule has 18 nitrogen and oxygen atoms in total. The zero-order valence-corrected chi connectivity index (χ0v) is 63.5. The number of esters is 6. The van der Waals surface area contributed by atoms with E-state index in [2.05, 4.69) is 150 Å². The van der Waals surface area contributed by atoms with E-state index in [1.807, 2.05) is 6.07 Å². The first-order valence-electron chi connectivity index (χ1n) is 36.3. The molecule has 0 amide bonds. The summed E-state index contributed by atoms with van der Waals surface area (Å²) in [5, 5.41) is 0. The van der Waals surface area contributed by atoms with Crippen molar-refractivity contribution in [2.24, 2.45) is 0 Å². The maximum absolute atomic E-state index is 13.7. The number of ether oxygens (including phenoxy) is 12. The van der Waals surface area contributed by atoms with Crippen LogP contribution in [0.4, 0.5) is 0 Å². The SMILES string of the molecule is CCOC(=O)COc1c2cc(C(C)C)cc1Cc1cc(C(C)C)cc(c1OCC(=O)OCC)Cc1cc(C(C)C)cc(c1OCC(=O)OCC)Cc1c(C(C)C)ccc(c1OCC(=O)OCC)Cc1cc(C(C)C)cc(c1OCC(=O)OCC)Cc1cc(C(C)C)cc(c1OCC(=O)OCC)C2. The smallest absolute Gasteiger partial charge is 0.344 e. The fraction of sp³-hybridized carbons (Fsp3) is 0.500. The van der Waals surface area contributed by atoms with Gasteiger partial charge < -0.3 is 56.8 Å². The fourth-order valence-corrected chi connectivity index (χ4v) is 12.8. The zero-order valence-electron chi connectivity index (χ0n) is 63.5. The standard InChI is InChI=1S/C84H108O18/c1-19-91-73(85)43-97-79-61-27-55-25-26-71(54(17)18)72(84(55)102-48-78(90)96-24-6)42-70-37-60(53(15)16)36-69(83(70)101-47-77(89)95-23-5)41-68-35-59(52(13)14)34-67(82(68)100-46-76(88)94-22-4)40-66-33-58(51(11)12)32-65(81(66)99-45-75(87)93-21-3)39-64-31-57(50(9)10)30-63(80(64)98-44-74(86)92-20-2)38-62(79)29-56(28-61)49(7)8/h25-26,28-37,49-54H,19-24,27,38-48H2,1-18H3. The number of carbonyl (C=O) groups is 6. The van der Waals surface area contributed by atoms with Crippen molar-refractivity contribution < 1.29 is 85.6 Å². The van der Waals surface area contributed by atoms with E-state index in [0.717, 1.165) is 38.9 Å². The van der Waals surface area contributed by atoms with Crippen LogP contribution in [0.25, 0.3) is 0 Å². The Morgan fingerprint density at radius 3 is 0.627 bits per heavy atom. The highest BCUT2D eigenvalue weighted by Crippen LogP contribution is 2.45. The summed E-state index contributed by atoms with van der Waals surface area (Å²) in [6.07, 6.45) is 0.986. The largest absolute Gasteiger partial charge is 0.481 e. The Hall–Kier alpha value is -9.06. The Morgan fingerprint density at radius 2 is 0.441 bits per heavy atom. The molecule has 0 aliphatic heterocycles. The van der Waals surface area contributed by atoms with Gasteiger partial charge in [-0.3, -0.25) is 0 Å². The molecule has 0 N–H and O–H groups in total. The summed E-state index contributed by atoms with van der Waals surface area (Å²) in [4.78, 5) is 82.0. The quantitative estimate of drug-likeness (QED) is 0.0302. The predicted octanol–water partition coefficient (Wildman–Crippen LogP) is 15.9. The van der Waals surface area contributed by atoms with Crippen LogP contribution in [-0.2, 0) is 95.7 Å². The first-order chi connectivity index (χ1) is 48.7. The van der Waals surface area contributed by atoms with Crippen LogP contribution in [0.2, 0.25) is 0 Å². The van der Waals surface area contributed by atoms with Crippen LogP contribution in [0, 0.1) is 0 Å². The van der Waals surface area contributed by atoms with Crippen molar-refractivity contribution in [1.82, 2.24) is 0 Å². The lowest BCUT2D eigenvalue weighted by Gasteiger charge is -2.26. The van der Waals surface area contributed by atoms with E-state index in [9.17, 15) is 28.8 Å². The summed E-state index contributed by atoms with van der Waals surface area (Å²) in [5.74, 6) is -1.27. The third-order valence-corrected chi connectivity index (χ3v) is 17.8. The molecule has 6 aromatic rings. The second kappa shape index (κ2) is 38.3. The van der Waals surface area contributed by atoms with Gasteiger partial charge in [-0.15, -0.1) is 0 Å². The van der Waals surface area contributed by atoms with Gasteiger partial charge in [0.05, 0.1) is 39.6 Å². The molecule has 1 aliphatic rings. The third kappa shape index (κ3) is 21.7. The van der Waals surface area contributed by atoms with E-state index in [-0.39, 0.29) is 114 Å². The predicted molar refractivity (Wildman–Crippen MR) is 393 cm³/mol. The van der Waals surface area contributed by atoms with Gasteiger partial charge in [0.1, 0.15) is 34.5 Å². The Bertz CT molecular complexity index is 3910. The molecule has 7 rings (SSSR count). The lowest BCUT2D eigenvalue weighted by atomic mass is 9.84. The molecular weight excluding hydrogens is 1300 g/mol. The van der Waals surface area contributed by atoms with Gasteiger partial charge in [-0.05, 0) is 172 Å². The van der Waals surface area contributed by atoms with Gasteiger partial charge in [0.15, 0.2) is 39.6 Å². The first kappa shape index (κ1) is 80.3. The molecule has 0 heterocycles. The molecule has 0 atom stereocenters. The van der Waals surface area contributed by atoms with E-state index < -0.39 is 75.5 Å². The lowest BCUT2D eigenvalue weighted by Crippen LogP contribution is -2.19. The van der Waals surface area contributed by atoms with Crippen molar-refractivity contribution in [3.8, 4) is 34.5 Å². The van der Waals surface area contributed by atoms with Crippen LogP contribution in [0.15, 0.2) is 72.8 Å². The van der Waals surface area contributed by atoms with Crippen LogP contribution in [0.5, 0.6) is 34.5 Å². The van der Waals surface area contributed by atoms with Crippen molar-refractivity contribution in [3.05, 3.63) is 173 Å². The average Bonchev–Trinajstić information content (AvgIpc) is 0.774. The first-order valence-corrected chi connectivity index (χ1v) is 36.3. The molecule has 0 saturated heterocycles. The number of rotatable bonds is 30. The molecule has 0 spiro atoms. The van der Waals surface area contributed by atoms with Crippen LogP contribution in [0.3, 0.4) is 0 Å². The minimum absolute atomic E-state index is 0.0337. The molecule has 1 aliphatic carbocycles. The molecule has 102 heavy (non-hydrogen) atoms. The normalized spacial score (nSPS) is 12.2. The van der Waals surface area contributed by atoms with Crippen LogP contribution >= 0.6 is 0 Å². The van der Waals surface area contributed by atoms with Gasteiger partial charge in [0.2, 0.25) is 0 Å². The Kier molecular flexibility index (Phi) is 30.1. The average molecular weight is 1410 g/mol. The highest BCUT2D eigenvalue weighted by molar-refractivity contribution is 5.75. The minimum Gasteiger partial charge on any atom is -0.481 e. The van der Waals surface area contributed by atoms with Gasteiger partial charge in [0.25, 0.3) is 0 Å². The highest BCUT2D eigenvalue weighted by atomic mass is 16.6. The molecule has 0 saturated carbocycles. The van der Waals surface area contributed by atoms with Gasteiger partial charge in [-0.1, -0.05) is 156 Å². The van der Waals surface area contributed by atoms with Crippen molar-refractivity contribution in [1.29, 1.82) is 0 Å². The fourth-order valence-electron chi connectivity index (χ4n) is 12.8. The summed E-state index contributed by atoms with van der Waals surface area (Å²) < 4.78 is 74.3. The van der Waals surface area contributed by atoms with Crippen LogP contribution < -0.4 is 28.4 Å². The van der Waals surface area contributed by atoms with E-state index in [1.165, 1.54) is 0 Å². The monoisotopic (exact) mass is 1400 g/mol. The number of benzene rings is 6. The number of hydrogen-bond donors (Lipinski definition) is 0. The number of carbonyl (C=O) groups excluding carboxylic acids is 6. The molecule has 12 bridgehead atoms. The van der Waals surface area contributed by atoms with E-state index in [4.69, 9.17) is 56.8 Å². The summed E-state index contributed by atoms with van der Waals surface area (Å²) in [7, 11) is 0. The Labute approximate surface area is 604 Å². The van der Waals surface area contributed by atoms with Crippen LogP contribution in [0.1, 0.15) is 260 Å². The van der Waals surface area contributed by atoms with E-state index in [0.29, 0.717) is 95.7 Å². The number of hydrogen-bond acceptors (Lipinski definition) is 18. The highest BCUT2D eigenvalue weighted by Gasteiger charge is 2.30. The molecule has 0 fully saturated rings. The topological polar surface area (TPSA) is 213 Å². The maximum Gasteiger partial charge on any atom is 0.344 e. The van der Waals surface area contributed by atoms with Gasteiger partial charge >= 0.3 is 35.8 Å². The maximum atomic E-state index is 13.7. The van der Waals surface area contributed by atoms with Crippen molar-refractivity contribution >= 4 is 35.8 Å².